The SMILES string of the molecule is CCC(C)(C)C(=O)OC(CC(S(=O)(=O)C(F)(F)F)S(=O)(=O)C(F)(F)F)C(F)(F)F. The van der Waals surface area contributed by atoms with E-state index < -0.39 is 65.4 Å². The summed E-state index contributed by atoms with van der Waals surface area (Å²) in [5, 5.41) is 0. The quantitative estimate of drug-likeness (QED) is 0.401. The molecule has 6 nitrogen and oxygen atoms in total. The van der Waals surface area contributed by atoms with Crippen molar-refractivity contribution >= 4 is 25.6 Å². The Bertz CT molecular complexity index is 762. The number of carbonyl (C=O) groups is 1. The zero-order valence-corrected chi connectivity index (χ0v) is 16.4. The maximum atomic E-state index is 13.1. The third-order valence-corrected chi connectivity index (χ3v) is 8.37. The zero-order chi connectivity index (χ0) is 23.9. The second-order valence-corrected chi connectivity index (χ2v) is 10.9. The first-order valence-corrected chi connectivity index (χ1v) is 10.4. The van der Waals surface area contributed by atoms with Crippen LogP contribution in [0, 0.1) is 5.41 Å². The lowest BCUT2D eigenvalue weighted by Crippen LogP contribution is -2.49. The van der Waals surface area contributed by atoms with Crippen molar-refractivity contribution in [3.05, 3.63) is 0 Å². The Hall–Kier alpha value is -1.26. The predicted octanol–water partition coefficient (Wildman–Crippen LogP) is 3.48. The zero-order valence-electron chi connectivity index (χ0n) is 14.7. The highest BCUT2D eigenvalue weighted by Gasteiger charge is 2.65. The summed E-state index contributed by atoms with van der Waals surface area (Å²) in [6.45, 7) is 3.34. The second-order valence-electron chi connectivity index (χ2n) is 6.32. The molecule has 0 amide bonds. The van der Waals surface area contributed by atoms with Crippen LogP contribution in [-0.2, 0) is 29.2 Å². The Labute approximate surface area is 159 Å². The molecule has 0 aliphatic rings. The van der Waals surface area contributed by atoms with Gasteiger partial charge in [0.05, 0.1) is 5.41 Å². The maximum absolute atomic E-state index is 13.1. The van der Waals surface area contributed by atoms with E-state index in [4.69, 9.17) is 0 Å². The van der Waals surface area contributed by atoms with E-state index in [2.05, 4.69) is 4.74 Å². The first kappa shape index (κ1) is 27.7. The molecule has 0 aromatic heterocycles. The minimum absolute atomic E-state index is 0.179. The highest BCUT2D eigenvalue weighted by Crippen LogP contribution is 2.41. The van der Waals surface area contributed by atoms with Crippen LogP contribution in [0.1, 0.15) is 33.6 Å². The van der Waals surface area contributed by atoms with Gasteiger partial charge in [0.25, 0.3) is 19.7 Å². The molecule has 0 aliphatic carbocycles. The van der Waals surface area contributed by atoms with Crippen LogP contribution in [0.4, 0.5) is 39.5 Å². The number of ether oxygens (including phenoxy) is 1. The third-order valence-electron chi connectivity index (χ3n) is 3.79. The number of rotatable bonds is 7. The summed E-state index contributed by atoms with van der Waals surface area (Å²) in [6.07, 6.45) is -12.8. The lowest BCUT2D eigenvalue weighted by atomic mass is 9.90. The van der Waals surface area contributed by atoms with Crippen molar-refractivity contribution in [2.45, 2.75) is 61.5 Å². The first-order valence-electron chi connectivity index (χ1n) is 7.31. The van der Waals surface area contributed by atoms with E-state index in [-0.39, 0.29) is 6.42 Å². The molecule has 0 fully saturated rings. The van der Waals surface area contributed by atoms with Crippen LogP contribution >= 0.6 is 0 Å². The number of sulfone groups is 2. The summed E-state index contributed by atoms with van der Waals surface area (Å²) < 4.78 is 160. The standard InChI is InChI=1S/C12H15F9O6S2/c1-4-9(2,3)8(22)27-6(10(13,14)15)5-7(28(23,24)11(16,17)18)29(25,26)12(19,20)21/h6-7H,4-5H2,1-3H3. The van der Waals surface area contributed by atoms with Crippen LogP contribution in [0.5, 0.6) is 0 Å². The van der Waals surface area contributed by atoms with E-state index >= 15 is 0 Å². The number of carbonyl (C=O) groups excluding carboxylic acids is 1. The molecule has 1 unspecified atom stereocenters. The van der Waals surface area contributed by atoms with Crippen LogP contribution in [0.3, 0.4) is 0 Å². The van der Waals surface area contributed by atoms with Gasteiger partial charge in [0.15, 0.2) is 10.7 Å². The lowest BCUT2D eigenvalue weighted by molar-refractivity contribution is -0.226. The molecule has 174 valence electrons. The maximum Gasteiger partial charge on any atom is 0.498 e. The van der Waals surface area contributed by atoms with Crippen molar-refractivity contribution in [1.29, 1.82) is 0 Å². The van der Waals surface area contributed by atoms with Crippen LogP contribution in [0.2, 0.25) is 0 Å². The summed E-state index contributed by atoms with van der Waals surface area (Å²) in [5.74, 6) is -1.74. The minimum atomic E-state index is -7.31. The van der Waals surface area contributed by atoms with E-state index in [9.17, 15) is 61.1 Å². The number of alkyl halides is 9. The topological polar surface area (TPSA) is 94.6 Å². The first-order chi connectivity index (χ1) is 12.4. The fraction of sp³-hybridized carbons (Fsp3) is 0.917. The fourth-order valence-electron chi connectivity index (χ4n) is 1.57. The highest BCUT2D eigenvalue weighted by molar-refractivity contribution is 8.09. The van der Waals surface area contributed by atoms with Gasteiger partial charge in [0.1, 0.15) is 0 Å². The van der Waals surface area contributed by atoms with Gasteiger partial charge in [-0.05, 0) is 20.3 Å². The van der Waals surface area contributed by atoms with Gasteiger partial charge in [0.2, 0.25) is 0 Å². The van der Waals surface area contributed by atoms with Gasteiger partial charge < -0.3 is 4.74 Å². The Morgan fingerprint density at radius 1 is 0.828 bits per heavy atom. The van der Waals surface area contributed by atoms with E-state index in [1.807, 2.05) is 0 Å². The van der Waals surface area contributed by atoms with Crippen LogP contribution in [-0.4, -0.2) is 50.7 Å². The Morgan fingerprint density at radius 2 is 1.17 bits per heavy atom. The molecule has 0 rings (SSSR count). The molecule has 0 aliphatic heterocycles. The van der Waals surface area contributed by atoms with Crippen molar-refractivity contribution in [3.63, 3.8) is 0 Å². The van der Waals surface area contributed by atoms with Gasteiger partial charge in [0, 0.05) is 6.42 Å². The van der Waals surface area contributed by atoms with Crippen molar-refractivity contribution in [2.75, 3.05) is 0 Å². The lowest BCUT2D eigenvalue weighted by Gasteiger charge is -2.29. The molecule has 0 saturated heterocycles. The van der Waals surface area contributed by atoms with E-state index in [0.717, 1.165) is 13.8 Å². The minimum Gasteiger partial charge on any atom is -0.452 e. The van der Waals surface area contributed by atoms with Crippen molar-refractivity contribution in [1.82, 2.24) is 0 Å². The van der Waals surface area contributed by atoms with Gasteiger partial charge in [-0.15, -0.1) is 0 Å². The molecule has 0 heterocycles. The fourth-order valence-corrected chi connectivity index (χ4v) is 5.02. The monoisotopic (exact) mass is 490 g/mol. The van der Waals surface area contributed by atoms with Gasteiger partial charge in [-0.25, -0.2) is 16.8 Å². The van der Waals surface area contributed by atoms with Crippen LogP contribution < -0.4 is 0 Å². The van der Waals surface area contributed by atoms with Crippen molar-refractivity contribution in [2.24, 2.45) is 5.41 Å². The molecule has 0 radical (unpaired) electrons. The molecule has 29 heavy (non-hydrogen) atoms. The Morgan fingerprint density at radius 3 is 1.41 bits per heavy atom. The Kier molecular flexibility index (Phi) is 7.76. The normalized spacial score (nSPS) is 16.0. The van der Waals surface area contributed by atoms with Gasteiger partial charge in [-0.3, -0.25) is 4.79 Å². The molecular formula is C12H15F9O6S2. The molecular weight excluding hydrogens is 475 g/mol. The van der Waals surface area contributed by atoms with Crippen molar-refractivity contribution in [3.8, 4) is 0 Å². The molecule has 0 bridgehead atoms. The summed E-state index contributed by atoms with van der Waals surface area (Å²) in [7, 11) is -14.6. The smallest absolute Gasteiger partial charge is 0.452 e. The number of hydrogen-bond acceptors (Lipinski definition) is 6. The second kappa shape index (κ2) is 8.11. The molecule has 1 atom stereocenters. The highest BCUT2D eigenvalue weighted by atomic mass is 32.3. The van der Waals surface area contributed by atoms with Gasteiger partial charge in [-0.1, -0.05) is 6.92 Å². The Balaban J connectivity index is 6.50. The largest absolute Gasteiger partial charge is 0.498 e. The predicted molar refractivity (Wildman–Crippen MR) is 78.4 cm³/mol. The molecule has 0 saturated carbocycles. The average Bonchev–Trinajstić information content (AvgIpc) is 2.46. The van der Waals surface area contributed by atoms with E-state index in [1.54, 1.807) is 0 Å². The summed E-state index contributed by atoms with van der Waals surface area (Å²) in [4.78, 5) is 11.8. The van der Waals surface area contributed by atoms with Crippen LogP contribution in [0.25, 0.3) is 0 Å². The van der Waals surface area contributed by atoms with Crippen molar-refractivity contribution < 1.29 is 65.9 Å². The average molecular weight is 490 g/mol. The molecule has 0 aromatic rings. The molecule has 17 heteroatoms. The van der Waals surface area contributed by atoms with Gasteiger partial charge >= 0.3 is 23.2 Å². The number of hydrogen-bond donors (Lipinski definition) is 0. The van der Waals surface area contributed by atoms with E-state index in [0.29, 0.717) is 0 Å². The molecule has 0 N–H and O–H groups in total. The molecule has 0 aromatic carbocycles. The van der Waals surface area contributed by atoms with E-state index in [1.165, 1.54) is 6.92 Å². The summed E-state index contributed by atoms with van der Waals surface area (Å²) in [6, 6.07) is 0. The number of halogens is 9. The summed E-state index contributed by atoms with van der Waals surface area (Å²) in [5.41, 5.74) is -15.0. The molecule has 0 spiro atoms. The van der Waals surface area contributed by atoms with Gasteiger partial charge in [-0.2, -0.15) is 39.5 Å². The number of esters is 1. The third kappa shape index (κ3) is 6.11. The summed E-state index contributed by atoms with van der Waals surface area (Å²) >= 11 is 0. The van der Waals surface area contributed by atoms with Crippen LogP contribution in [0.15, 0.2) is 0 Å².